The molecule has 4 heteroatoms. The maximum Gasteiger partial charge on any atom is 0.220 e. The number of carbonyl (C=O) groups excluding carboxylic acids is 1. The Bertz CT molecular complexity index is 284. The second kappa shape index (κ2) is 17.2. The second-order valence-corrected chi connectivity index (χ2v) is 7.17. The Hall–Kier alpha value is -0.610. The van der Waals surface area contributed by atoms with E-state index in [1.54, 1.807) is 0 Å². The fourth-order valence-electron chi connectivity index (χ4n) is 3.19. The monoisotopic (exact) mass is 343 g/mol. The van der Waals surface area contributed by atoms with E-state index in [4.69, 9.17) is 10.8 Å². The zero-order valence-corrected chi connectivity index (χ0v) is 15.8. The van der Waals surface area contributed by atoms with Gasteiger partial charge in [0.05, 0.1) is 6.10 Å². The minimum absolute atomic E-state index is 0.0397. The molecule has 0 radical (unpaired) electrons. The molecule has 144 valence electrons. The number of nitrogens with two attached hydrogens (primary N) is 1. The maximum atomic E-state index is 11.2. The van der Waals surface area contributed by atoms with Gasteiger partial charge in [-0.25, -0.2) is 0 Å². The molecule has 0 aliphatic heterocycles. The van der Waals surface area contributed by atoms with Crippen LogP contribution in [0.3, 0.4) is 0 Å². The summed E-state index contributed by atoms with van der Waals surface area (Å²) in [6.07, 6.45) is 16.2. The maximum absolute atomic E-state index is 11.2. The van der Waals surface area contributed by atoms with Crippen LogP contribution in [0.25, 0.3) is 0 Å². The average molecular weight is 344 g/mol. The van der Waals surface area contributed by atoms with Gasteiger partial charge in [0, 0.05) is 12.5 Å². The third-order valence-electron chi connectivity index (χ3n) is 4.86. The summed E-state index contributed by atoms with van der Waals surface area (Å²) in [7, 11) is 0. The van der Waals surface area contributed by atoms with E-state index in [9.17, 15) is 9.90 Å². The first-order valence-corrected chi connectivity index (χ1v) is 10.2. The highest BCUT2D eigenvalue weighted by atomic mass is 16.3. The predicted octanol–water partition coefficient (Wildman–Crippen LogP) is 4.31. The summed E-state index contributed by atoms with van der Waals surface area (Å²) in [5.41, 5.74) is 5.32. The molecule has 0 fully saturated rings. The highest BCUT2D eigenvalue weighted by Crippen LogP contribution is 2.16. The molecular formula is C20H41NO3. The number of aliphatic hydroxyl groups is 2. The lowest BCUT2D eigenvalue weighted by Crippen LogP contribution is -2.24. The van der Waals surface area contributed by atoms with Crippen molar-refractivity contribution in [3.05, 3.63) is 0 Å². The predicted molar refractivity (Wildman–Crippen MR) is 101 cm³/mol. The van der Waals surface area contributed by atoms with Gasteiger partial charge in [-0.3, -0.25) is 4.79 Å². The molecule has 4 N–H and O–H groups in total. The molecule has 0 aliphatic carbocycles. The van der Waals surface area contributed by atoms with Crippen molar-refractivity contribution < 1.29 is 15.0 Å². The van der Waals surface area contributed by atoms with Crippen LogP contribution < -0.4 is 5.73 Å². The molecule has 1 amide bonds. The minimum atomic E-state index is -0.280. The van der Waals surface area contributed by atoms with Gasteiger partial charge in [-0.15, -0.1) is 0 Å². The molecule has 0 saturated heterocycles. The summed E-state index contributed by atoms with van der Waals surface area (Å²) >= 11 is 0. The van der Waals surface area contributed by atoms with Gasteiger partial charge in [0.1, 0.15) is 0 Å². The first-order chi connectivity index (χ1) is 11.6. The van der Waals surface area contributed by atoms with Crippen LogP contribution in [-0.4, -0.2) is 28.8 Å². The van der Waals surface area contributed by atoms with Crippen LogP contribution in [0.5, 0.6) is 0 Å². The van der Waals surface area contributed by atoms with Gasteiger partial charge >= 0.3 is 0 Å². The smallest absolute Gasteiger partial charge is 0.220 e. The average Bonchev–Trinajstić information content (AvgIpc) is 2.56. The largest absolute Gasteiger partial charge is 0.396 e. The standard InChI is InChI=1S/C20H41NO3/c1-2-3-4-11-14-19(23)15-12-9-7-5-6-8-10-13-18(16-17-22)20(21)24/h18-19,22-23H,2-17H2,1H3,(H2,21,24). The van der Waals surface area contributed by atoms with Gasteiger partial charge in [0.15, 0.2) is 0 Å². The van der Waals surface area contributed by atoms with Crippen LogP contribution in [0, 0.1) is 5.92 Å². The van der Waals surface area contributed by atoms with Crippen LogP contribution in [0.1, 0.15) is 103 Å². The Morgan fingerprint density at radius 2 is 1.25 bits per heavy atom. The number of amides is 1. The number of unbranched alkanes of at least 4 members (excludes halogenated alkanes) is 9. The van der Waals surface area contributed by atoms with Gasteiger partial charge in [-0.1, -0.05) is 77.6 Å². The molecule has 0 aliphatic rings. The first kappa shape index (κ1) is 23.4. The quantitative estimate of drug-likeness (QED) is 0.324. The van der Waals surface area contributed by atoms with Crippen LogP contribution in [0.2, 0.25) is 0 Å². The highest BCUT2D eigenvalue weighted by molar-refractivity contribution is 5.76. The lowest BCUT2D eigenvalue weighted by atomic mass is 9.96. The van der Waals surface area contributed by atoms with Crippen LogP contribution in [0.15, 0.2) is 0 Å². The first-order valence-electron chi connectivity index (χ1n) is 10.2. The Kier molecular flexibility index (Phi) is 16.8. The number of hydrogen-bond acceptors (Lipinski definition) is 3. The number of hydrogen-bond donors (Lipinski definition) is 3. The van der Waals surface area contributed by atoms with Crippen molar-refractivity contribution >= 4 is 5.91 Å². The van der Waals surface area contributed by atoms with Gasteiger partial charge in [-0.2, -0.15) is 0 Å². The summed E-state index contributed by atoms with van der Waals surface area (Å²) in [5, 5.41) is 18.8. The second-order valence-electron chi connectivity index (χ2n) is 7.17. The third-order valence-corrected chi connectivity index (χ3v) is 4.86. The van der Waals surface area contributed by atoms with Crippen molar-refractivity contribution in [1.29, 1.82) is 0 Å². The van der Waals surface area contributed by atoms with E-state index >= 15 is 0 Å². The highest BCUT2D eigenvalue weighted by Gasteiger charge is 2.13. The van der Waals surface area contributed by atoms with E-state index in [0.717, 1.165) is 44.9 Å². The molecule has 0 aromatic rings. The number of aliphatic hydroxyl groups excluding tert-OH is 2. The lowest BCUT2D eigenvalue weighted by molar-refractivity contribution is -0.122. The molecule has 2 atom stereocenters. The molecule has 0 saturated carbocycles. The van der Waals surface area contributed by atoms with E-state index < -0.39 is 0 Å². The Morgan fingerprint density at radius 1 is 0.792 bits per heavy atom. The third kappa shape index (κ3) is 14.9. The molecule has 0 heterocycles. The van der Waals surface area contributed by atoms with Crippen LogP contribution >= 0.6 is 0 Å². The molecular weight excluding hydrogens is 302 g/mol. The molecule has 4 nitrogen and oxygen atoms in total. The SMILES string of the molecule is CCCCCCC(O)CCCCCCCCCC(CCO)C(N)=O. The Morgan fingerprint density at radius 3 is 1.71 bits per heavy atom. The molecule has 0 aromatic carbocycles. The number of primary amides is 1. The Balaban J connectivity index is 3.34. The minimum Gasteiger partial charge on any atom is -0.396 e. The summed E-state index contributed by atoms with van der Waals surface area (Å²) < 4.78 is 0. The zero-order chi connectivity index (χ0) is 18.0. The van der Waals surface area contributed by atoms with E-state index in [2.05, 4.69) is 6.92 Å². The van der Waals surface area contributed by atoms with Crippen LogP contribution in [-0.2, 0) is 4.79 Å². The molecule has 0 bridgehead atoms. The van der Waals surface area contributed by atoms with Crippen LogP contribution in [0.4, 0.5) is 0 Å². The summed E-state index contributed by atoms with van der Waals surface area (Å²) in [4.78, 5) is 11.2. The van der Waals surface area contributed by atoms with Crippen molar-refractivity contribution in [3.63, 3.8) is 0 Å². The van der Waals surface area contributed by atoms with Crippen molar-refractivity contribution in [2.75, 3.05) is 6.61 Å². The fraction of sp³-hybridized carbons (Fsp3) is 0.950. The van der Waals surface area contributed by atoms with Crippen molar-refractivity contribution in [1.82, 2.24) is 0 Å². The molecule has 0 rings (SSSR count). The van der Waals surface area contributed by atoms with Gasteiger partial charge in [0.2, 0.25) is 5.91 Å². The number of carbonyl (C=O) groups is 1. The molecule has 24 heavy (non-hydrogen) atoms. The van der Waals surface area contributed by atoms with Crippen molar-refractivity contribution in [2.45, 2.75) is 109 Å². The van der Waals surface area contributed by atoms with E-state index in [1.807, 2.05) is 0 Å². The molecule has 0 aromatic heterocycles. The summed E-state index contributed by atoms with van der Waals surface area (Å²) in [5.74, 6) is -0.439. The summed E-state index contributed by atoms with van der Waals surface area (Å²) in [6.45, 7) is 2.25. The van der Waals surface area contributed by atoms with Gasteiger partial charge < -0.3 is 15.9 Å². The molecule has 2 unspecified atom stereocenters. The van der Waals surface area contributed by atoms with Crippen molar-refractivity contribution in [2.24, 2.45) is 11.7 Å². The van der Waals surface area contributed by atoms with Crippen molar-refractivity contribution in [3.8, 4) is 0 Å². The number of rotatable bonds is 18. The van der Waals surface area contributed by atoms with Gasteiger partial charge in [0.25, 0.3) is 0 Å². The van der Waals surface area contributed by atoms with Gasteiger partial charge in [-0.05, 0) is 25.7 Å². The molecule has 0 spiro atoms. The van der Waals surface area contributed by atoms with E-state index in [0.29, 0.717) is 6.42 Å². The fourth-order valence-corrected chi connectivity index (χ4v) is 3.19. The Labute approximate surface area is 149 Å². The zero-order valence-electron chi connectivity index (χ0n) is 15.8. The summed E-state index contributed by atoms with van der Waals surface area (Å²) in [6, 6.07) is 0. The topological polar surface area (TPSA) is 83.6 Å². The normalized spacial score (nSPS) is 13.8. The van der Waals surface area contributed by atoms with E-state index in [-0.39, 0.29) is 24.5 Å². The lowest BCUT2D eigenvalue weighted by Gasteiger charge is -2.11. The van der Waals surface area contributed by atoms with E-state index in [1.165, 1.54) is 44.9 Å².